The van der Waals surface area contributed by atoms with Crippen LogP contribution in [0.4, 0.5) is 0 Å². The van der Waals surface area contributed by atoms with Gasteiger partial charge in [0.15, 0.2) is 9.84 Å². The first-order valence-electron chi connectivity index (χ1n) is 17.1. The molecule has 280 valence electrons. The number of ketones is 1. The van der Waals surface area contributed by atoms with Crippen molar-refractivity contribution in [2.75, 3.05) is 12.9 Å². The van der Waals surface area contributed by atoms with E-state index in [1.807, 2.05) is 19.1 Å². The Kier molecular flexibility index (Phi) is 18.8. The molecule has 51 heavy (non-hydrogen) atoms. The Morgan fingerprint density at radius 3 is 1.84 bits per heavy atom. The first-order chi connectivity index (χ1) is 24.3. The molecule has 0 aliphatic rings. The van der Waals surface area contributed by atoms with Crippen LogP contribution < -0.4 is 0 Å². The number of carboxylic acids is 1. The number of ether oxygens (including phenoxy) is 4. The van der Waals surface area contributed by atoms with E-state index >= 15 is 0 Å². The molecule has 2 aromatic carbocycles. The Morgan fingerprint density at radius 1 is 0.725 bits per heavy atom. The van der Waals surface area contributed by atoms with E-state index in [2.05, 4.69) is 0 Å². The van der Waals surface area contributed by atoms with Gasteiger partial charge >= 0.3 is 23.9 Å². The van der Waals surface area contributed by atoms with Crippen LogP contribution in [-0.2, 0) is 54.4 Å². The molecule has 0 bridgehead atoms. The van der Waals surface area contributed by atoms with Crippen molar-refractivity contribution < 1.29 is 56.4 Å². The maximum absolute atomic E-state index is 13.1. The topological polar surface area (TPSA) is 177 Å². The highest BCUT2D eigenvalue weighted by Crippen LogP contribution is 2.19. The average molecular weight is 731 g/mol. The van der Waals surface area contributed by atoms with Crippen molar-refractivity contribution in [3.05, 3.63) is 77.9 Å². The number of aromatic carboxylic acids is 1. The van der Waals surface area contributed by atoms with Crippen LogP contribution in [-0.4, -0.2) is 80.5 Å². The summed E-state index contributed by atoms with van der Waals surface area (Å²) in [6, 6.07) is 14.1. The van der Waals surface area contributed by atoms with E-state index in [0.29, 0.717) is 19.3 Å². The van der Waals surface area contributed by atoms with Crippen LogP contribution in [0.2, 0.25) is 0 Å². The van der Waals surface area contributed by atoms with Gasteiger partial charge in [-0.05, 0) is 68.9 Å². The molecule has 4 unspecified atom stereocenters. The van der Waals surface area contributed by atoms with Gasteiger partial charge in [-0.3, -0.25) is 19.2 Å². The summed E-state index contributed by atoms with van der Waals surface area (Å²) in [6.07, 6.45) is 1.83. The number of carboxylic acid groups (broad SMARTS) is 1. The van der Waals surface area contributed by atoms with Crippen molar-refractivity contribution in [1.82, 2.24) is 0 Å². The minimum atomic E-state index is -3.77. The molecule has 0 saturated carbocycles. The Labute approximate surface area is 300 Å². The van der Waals surface area contributed by atoms with E-state index in [1.165, 1.54) is 38.3 Å². The van der Waals surface area contributed by atoms with E-state index in [4.69, 9.17) is 24.1 Å². The number of rotatable bonds is 24. The van der Waals surface area contributed by atoms with Crippen LogP contribution in [0, 0.1) is 0 Å². The molecule has 13 heteroatoms. The molecule has 4 atom stereocenters. The van der Waals surface area contributed by atoms with Crippen molar-refractivity contribution in [1.29, 1.82) is 0 Å². The number of benzene rings is 2. The van der Waals surface area contributed by atoms with Crippen molar-refractivity contribution in [2.24, 2.45) is 0 Å². The number of esters is 3. The summed E-state index contributed by atoms with van der Waals surface area (Å²) in [5.41, 5.74) is 1.00. The van der Waals surface area contributed by atoms with Gasteiger partial charge < -0.3 is 24.1 Å². The fraction of sp³-hybridized carbons (Fsp3) is 0.500. The molecule has 0 radical (unpaired) electrons. The van der Waals surface area contributed by atoms with Gasteiger partial charge in [-0.1, -0.05) is 56.3 Å². The van der Waals surface area contributed by atoms with Gasteiger partial charge in [-0.25, -0.2) is 13.2 Å². The molecule has 0 spiro atoms. The Balaban J connectivity index is 2.08. The predicted molar refractivity (Wildman–Crippen MR) is 189 cm³/mol. The van der Waals surface area contributed by atoms with Gasteiger partial charge in [0, 0.05) is 20.0 Å². The molecule has 0 aromatic heterocycles. The zero-order valence-corrected chi connectivity index (χ0v) is 30.6. The number of allylic oxidation sites excluding steroid dienone is 1. The fourth-order valence-electron chi connectivity index (χ4n) is 5.12. The lowest BCUT2D eigenvalue weighted by Gasteiger charge is -2.22. The van der Waals surface area contributed by atoms with E-state index in [1.54, 1.807) is 37.3 Å². The summed E-state index contributed by atoms with van der Waals surface area (Å²) in [5.74, 6) is -3.70. The van der Waals surface area contributed by atoms with Crippen LogP contribution >= 0.6 is 0 Å². The number of hydrogen-bond acceptors (Lipinski definition) is 11. The monoisotopic (exact) mass is 730 g/mol. The predicted octanol–water partition coefficient (Wildman–Crippen LogP) is 5.85. The van der Waals surface area contributed by atoms with Gasteiger partial charge in [0.2, 0.25) is 0 Å². The summed E-state index contributed by atoms with van der Waals surface area (Å²) in [5, 5.41) is 9.11. The molecule has 1 N–H and O–H groups in total. The Morgan fingerprint density at radius 2 is 1.29 bits per heavy atom. The molecule has 0 amide bonds. The standard InChI is InChI=1S/C38H50O12S/c1-5-7-9-12-32(23-27(3)39)49-35(40)24-30(6-2)48-37(42)26-33(21-22-51(45,46)34-13-10-8-11-14-34)50-36(41)25-31(47-4)20-17-28-15-18-29(19-16-28)38(43)44/h7-11,13-16,18-19,30-33H,5-6,12,17,20-26H2,1-4H3,(H,43,44). The van der Waals surface area contributed by atoms with Crippen LogP contribution in [0.25, 0.3) is 0 Å². The zero-order chi connectivity index (χ0) is 37.8. The van der Waals surface area contributed by atoms with Gasteiger partial charge in [0.1, 0.15) is 24.1 Å². The highest BCUT2D eigenvalue weighted by molar-refractivity contribution is 7.91. The van der Waals surface area contributed by atoms with Crippen LogP contribution in [0.1, 0.15) is 94.5 Å². The van der Waals surface area contributed by atoms with E-state index in [-0.39, 0.29) is 48.3 Å². The highest BCUT2D eigenvalue weighted by atomic mass is 32.2. The third kappa shape index (κ3) is 16.9. The number of Topliss-reactive ketones (excluding diaryl/α,β-unsaturated/α-hetero) is 1. The molecular formula is C38H50O12S. The number of carbonyl (C=O) groups is 5. The third-order valence-corrected chi connectivity index (χ3v) is 9.71. The maximum atomic E-state index is 13.1. The molecule has 12 nitrogen and oxygen atoms in total. The van der Waals surface area contributed by atoms with Crippen molar-refractivity contribution in [3.8, 4) is 0 Å². The summed E-state index contributed by atoms with van der Waals surface area (Å²) < 4.78 is 48.2. The van der Waals surface area contributed by atoms with Gasteiger partial charge in [0.05, 0.1) is 41.6 Å². The SMILES string of the molecule is CCC=CCC(CC(C)=O)OC(=O)CC(CC)OC(=O)CC(CCS(=O)(=O)c1ccccc1)OC(=O)CC(CCc1ccc(C(=O)O)cc1)OC. The molecule has 0 aliphatic heterocycles. The molecule has 0 fully saturated rings. The molecule has 2 rings (SSSR count). The first kappa shape index (κ1) is 42.8. The number of hydrogen-bond donors (Lipinski definition) is 1. The highest BCUT2D eigenvalue weighted by Gasteiger charge is 2.27. The smallest absolute Gasteiger partial charge is 0.335 e. The average Bonchev–Trinajstić information content (AvgIpc) is 3.09. The molecule has 0 heterocycles. The van der Waals surface area contributed by atoms with Gasteiger partial charge in [-0.2, -0.15) is 0 Å². The summed E-state index contributed by atoms with van der Waals surface area (Å²) in [6.45, 7) is 5.09. The zero-order valence-electron chi connectivity index (χ0n) is 29.8. The number of aryl methyl sites for hydroxylation is 1. The lowest BCUT2D eigenvalue weighted by atomic mass is 10.0. The minimum Gasteiger partial charge on any atom is -0.478 e. The fourth-order valence-corrected chi connectivity index (χ4v) is 6.50. The summed E-state index contributed by atoms with van der Waals surface area (Å²) >= 11 is 0. The van der Waals surface area contributed by atoms with E-state index in [9.17, 15) is 32.4 Å². The van der Waals surface area contributed by atoms with Crippen LogP contribution in [0.5, 0.6) is 0 Å². The van der Waals surface area contributed by atoms with Gasteiger partial charge in [0.25, 0.3) is 0 Å². The quantitative estimate of drug-likeness (QED) is 0.0776. The van der Waals surface area contributed by atoms with Crippen LogP contribution in [0.3, 0.4) is 0 Å². The van der Waals surface area contributed by atoms with E-state index < -0.39 is 70.3 Å². The lowest BCUT2D eigenvalue weighted by Crippen LogP contribution is -2.30. The molecular weight excluding hydrogens is 680 g/mol. The molecule has 0 saturated heterocycles. The van der Waals surface area contributed by atoms with Crippen molar-refractivity contribution in [3.63, 3.8) is 0 Å². The second kappa shape index (κ2) is 22.5. The maximum Gasteiger partial charge on any atom is 0.335 e. The second-order valence-electron chi connectivity index (χ2n) is 12.2. The number of methoxy groups -OCH3 is 1. The minimum absolute atomic E-state index is 0.0547. The number of sulfone groups is 1. The van der Waals surface area contributed by atoms with Crippen molar-refractivity contribution in [2.45, 2.75) is 114 Å². The van der Waals surface area contributed by atoms with Crippen LogP contribution in [0.15, 0.2) is 71.6 Å². The van der Waals surface area contributed by atoms with E-state index in [0.717, 1.165) is 12.0 Å². The second-order valence-corrected chi connectivity index (χ2v) is 14.3. The lowest BCUT2D eigenvalue weighted by molar-refractivity contribution is -0.162. The molecule has 2 aromatic rings. The van der Waals surface area contributed by atoms with Crippen molar-refractivity contribution >= 4 is 39.5 Å². The third-order valence-electron chi connectivity index (χ3n) is 7.95. The Bertz CT molecular complexity index is 1550. The largest absolute Gasteiger partial charge is 0.478 e. The summed E-state index contributed by atoms with van der Waals surface area (Å²) in [7, 11) is -2.33. The van der Waals surface area contributed by atoms with Gasteiger partial charge in [-0.15, -0.1) is 0 Å². The first-order valence-corrected chi connectivity index (χ1v) is 18.8. The Hall–Kier alpha value is -4.36. The number of carbonyl (C=O) groups excluding carboxylic acids is 4. The summed E-state index contributed by atoms with van der Waals surface area (Å²) in [4.78, 5) is 61.8. The normalized spacial score (nSPS) is 13.9. The molecule has 0 aliphatic carbocycles.